The van der Waals surface area contributed by atoms with Crippen LogP contribution in [0.3, 0.4) is 0 Å². The third-order valence-corrected chi connectivity index (χ3v) is 10.8. The van der Waals surface area contributed by atoms with Gasteiger partial charge in [0.25, 0.3) is 0 Å². The van der Waals surface area contributed by atoms with Gasteiger partial charge < -0.3 is 51.4 Å². The molecule has 0 saturated carbocycles. The zero-order chi connectivity index (χ0) is 45.2. The lowest BCUT2D eigenvalue weighted by Crippen LogP contribution is -2.57. The summed E-state index contributed by atoms with van der Waals surface area (Å²) in [7, 11) is 2.38. The van der Waals surface area contributed by atoms with Gasteiger partial charge in [0.15, 0.2) is 23.4 Å². The van der Waals surface area contributed by atoms with Crippen LogP contribution in [0.5, 0.6) is 23.0 Å². The standard InChI is InChI=1S/C47H65N5O10.ClH/c1-6-7-8-9-10-11-12-13-17-20-40(54)49-34-25-31-21-22-38(34)62-39-28-32(27-37(53)43(39)60-4)41(42(55)47(59)61-5)52-46(58)35(24-30-18-15-14-16-19-30)51-45(57)36(26-31)50-44(56)33(48)23-29(2)3;/h14-16,18-19,21-22,25,27-29,33,35-36,41-42,53,55H,6-13,17,20,23-24,26,48H2,1-5H3,(H,49,54)(H,50,56)(H,51,57)(H,52,58);1H/t33-,35+,36-,41-,42+;/m1./s1. The minimum absolute atomic E-state index is 0. The van der Waals surface area contributed by atoms with Gasteiger partial charge in [0.2, 0.25) is 29.4 Å². The van der Waals surface area contributed by atoms with Gasteiger partial charge >= 0.3 is 5.97 Å². The van der Waals surface area contributed by atoms with Gasteiger partial charge in [0, 0.05) is 19.3 Å². The predicted octanol–water partition coefficient (Wildman–Crippen LogP) is 6.31. The number of halogens is 1. The number of carbonyl (C=O) groups excluding carboxylic acids is 5. The Labute approximate surface area is 377 Å². The maximum absolute atomic E-state index is 14.4. The van der Waals surface area contributed by atoms with Crippen LogP contribution in [0.15, 0.2) is 60.7 Å². The molecule has 63 heavy (non-hydrogen) atoms. The predicted molar refractivity (Wildman–Crippen MR) is 243 cm³/mol. The van der Waals surface area contributed by atoms with Crippen molar-refractivity contribution in [1.82, 2.24) is 16.0 Å². The van der Waals surface area contributed by atoms with Crippen LogP contribution in [0.2, 0.25) is 0 Å². The first kappa shape index (κ1) is 52.0. The van der Waals surface area contributed by atoms with Crippen molar-refractivity contribution >= 4 is 47.7 Å². The number of unbranched alkanes of at least 4 members (excludes halogenated alkanes) is 8. The minimum atomic E-state index is -2.00. The van der Waals surface area contributed by atoms with E-state index in [9.17, 15) is 34.2 Å². The van der Waals surface area contributed by atoms with Crippen molar-refractivity contribution in [1.29, 1.82) is 0 Å². The zero-order valence-corrected chi connectivity index (χ0v) is 37.9. The van der Waals surface area contributed by atoms with Gasteiger partial charge in [-0.25, -0.2) is 4.79 Å². The van der Waals surface area contributed by atoms with Crippen molar-refractivity contribution in [2.45, 2.75) is 135 Å². The van der Waals surface area contributed by atoms with E-state index in [-0.39, 0.29) is 72.0 Å². The Balaban J connectivity index is 0.0000106. The smallest absolute Gasteiger partial charge is 0.337 e. The Morgan fingerprint density at radius 1 is 0.889 bits per heavy atom. The monoisotopic (exact) mass is 895 g/mol. The molecule has 0 radical (unpaired) electrons. The number of esters is 1. The molecular formula is C47H66ClN5O10. The second kappa shape index (κ2) is 26.3. The molecule has 4 amide bonds. The van der Waals surface area contributed by atoms with E-state index in [2.05, 4.69) is 28.2 Å². The number of rotatable bonds is 20. The highest BCUT2D eigenvalue weighted by Gasteiger charge is 2.36. The van der Waals surface area contributed by atoms with E-state index in [1.165, 1.54) is 51.3 Å². The lowest BCUT2D eigenvalue weighted by Gasteiger charge is -2.29. The third-order valence-electron chi connectivity index (χ3n) is 10.8. The Morgan fingerprint density at radius 2 is 1.56 bits per heavy atom. The summed E-state index contributed by atoms with van der Waals surface area (Å²) in [6.07, 6.45) is 8.24. The number of carbonyl (C=O) groups is 5. The number of benzene rings is 3. The Kier molecular flexibility index (Phi) is 21.7. The molecule has 5 rings (SSSR count). The maximum Gasteiger partial charge on any atom is 0.337 e. The molecule has 2 aliphatic heterocycles. The average Bonchev–Trinajstić information content (AvgIpc) is 3.24. The van der Waals surface area contributed by atoms with Crippen LogP contribution in [-0.4, -0.2) is 78.3 Å². The summed E-state index contributed by atoms with van der Waals surface area (Å²) in [6.45, 7) is 6.04. The molecule has 0 fully saturated rings. The Morgan fingerprint density at radius 3 is 2.19 bits per heavy atom. The van der Waals surface area contributed by atoms with Gasteiger partial charge in [-0.3, -0.25) is 19.2 Å². The molecule has 0 unspecified atom stereocenters. The van der Waals surface area contributed by atoms with Crippen LogP contribution in [0.1, 0.15) is 114 Å². The fourth-order valence-corrected chi connectivity index (χ4v) is 7.41. The van der Waals surface area contributed by atoms with Crippen molar-refractivity contribution in [2.75, 3.05) is 19.5 Å². The number of aliphatic hydroxyl groups excluding tert-OH is 1. The van der Waals surface area contributed by atoms with Crippen molar-refractivity contribution in [3.63, 3.8) is 0 Å². The van der Waals surface area contributed by atoms with E-state index < -0.39 is 59.7 Å². The van der Waals surface area contributed by atoms with E-state index in [0.29, 0.717) is 24.0 Å². The van der Waals surface area contributed by atoms with E-state index in [1.807, 2.05) is 13.8 Å². The number of phenols is 1. The van der Waals surface area contributed by atoms with Crippen molar-refractivity contribution in [3.05, 3.63) is 77.4 Å². The molecule has 2 heterocycles. The number of fused-ring (bicyclic) bond motifs is 9. The molecule has 3 aromatic rings. The quantitative estimate of drug-likeness (QED) is 0.0492. The number of phenolic OH excluding ortho intramolecular Hbond substituents is 1. The van der Waals surface area contributed by atoms with Crippen LogP contribution < -0.4 is 36.5 Å². The molecule has 0 saturated heterocycles. The van der Waals surface area contributed by atoms with Crippen LogP contribution in [0.25, 0.3) is 0 Å². The Bertz CT molecular complexity index is 1970. The fraction of sp³-hybridized carbons (Fsp3) is 0.511. The first-order valence-electron chi connectivity index (χ1n) is 21.7. The SMILES string of the molecule is CCCCCCCCCCCC(=O)Nc1cc2ccc1Oc1cc(cc(O)c1OC)[C@H]([C@H](O)C(=O)OC)NC(=O)[C@H](Cc1ccccc1)NC(=O)[C@H](NC(=O)[C@H](N)CC(C)C)C2.Cl. The van der Waals surface area contributed by atoms with Gasteiger partial charge in [-0.15, -0.1) is 12.4 Å². The topological polar surface area (TPSA) is 228 Å². The zero-order valence-electron chi connectivity index (χ0n) is 37.1. The number of aliphatic hydroxyl groups is 1. The lowest BCUT2D eigenvalue weighted by molar-refractivity contribution is -0.152. The average molecular weight is 897 g/mol. The summed E-state index contributed by atoms with van der Waals surface area (Å²) in [6, 6.07) is 11.2. The van der Waals surface area contributed by atoms with Crippen LogP contribution in [0.4, 0.5) is 5.69 Å². The molecule has 0 aliphatic carbocycles. The number of ether oxygens (including phenoxy) is 3. The highest BCUT2D eigenvalue weighted by molar-refractivity contribution is 5.94. The van der Waals surface area contributed by atoms with E-state index in [1.54, 1.807) is 48.5 Å². The lowest BCUT2D eigenvalue weighted by atomic mass is 9.97. The summed E-state index contributed by atoms with van der Waals surface area (Å²) < 4.78 is 16.7. The van der Waals surface area contributed by atoms with Crippen molar-refractivity contribution in [3.8, 4) is 23.0 Å². The number of methoxy groups -OCH3 is 2. The molecule has 346 valence electrons. The van der Waals surface area contributed by atoms with E-state index >= 15 is 0 Å². The highest BCUT2D eigenvalue weighted by Crippen LogP contribution is 2.43. The summed E-state index contributed by atoms with van der Waals surface area (Å²) in [5, 5.41) is 33.7. The second-order valence-corrected chi connectivity index (χ2v) is 16.3. The fourth-order valence-electron chi connectivity index (χ4n) is 7.41. The highest BCUT2D eigenvalue weighted by atomic mass is 35.5. The molecule has 0 aromatic heterocycles. The van der Waals surface area contributed by atoms with Gasteiger partial charge in [-0.1, -0.05) is 109 Å². The van der Waals surface area contributed by atoms with Gasteiger partial charge in [-0.05, 0) is 59.7 Å². The van der Waals surface area contributed by atoms with Crippen LogP contribution in [0, 0.1) is 5.92 Å². The van der Waals surface area contributed by atoms with Gasteiger partial charge in [0.05, 0.1) is 32.0 Å². The molecular weight excluding hydrogens is 830 g/mol. The minimum Gasteiger partial charge on any atom is -0.504 e. The molecule has 0 spiro atoms. The number of hydrogen-bond donors (Lipinski definition) is 7. The number of anilines is 1. The summed E-state index contributed by atoms with van der Waals surface area (Å²) in [4.78, 5) is 68.5. The molecule has 5 atom stereocenters. The molecule has 16 heteroatoms. The molecule has 3 aromatic carbocycles. The third kappa shape index (κ3) is 16.0. The van der Waals surface area contributed by atoms with Crippen LogP contribution in [-0.2, 0) is 41.6 Å². The van der Waals surface area contributed by atoms with E-state index in [0.717, 1.165) is 26.4 Å². The van der Waals surface area contributed by atoms with Gasteiger partial charge in [-0.2, -0.15) is 0 Å². The normalized spacial score (nSPS) is 17.3. The molecule has 4 bridgehead atoms. The number of hydrogen-bond acceptors (Lipinski definition) is 11. The number of amides is 4. The van der Waals surface area contributed by atoms with E-state index in [4.69, 9.17) is 19.9 Å². The van der Waals surface area contributed by atoms with Crippen molar-refractivity contribution in [2.24, 2.45) is 11.7 Å². The van der Waals surface area contributed by atoms with Crippen molar-refractivity contribution < 1.29 is 48.4 Å². The first-order valence-corrected chi connectivity index (χ1v) is 21.7. The second-order valence-electron chi connectivity index (χ2n) is 16.3. The summed E-state index contributed by atoms with van der Waals surface area (Å²) in [5.41, 5.74) is 7.69. The molecule has 2 aliphatic rings. The number of nitrogens with two attached hydrogens (primary N) is 1. The molecule has 8 N–H and O–H groups in total. The maximum atomic E-state index is 14.4. The molecule has 15 nitrogen and oxygen atoms in total. The summed E-state index contributed by atoms with van der Waals surface area (Å²) in [5.74, 6) is -3.90. The number of nitrogens with one attached hydrogen (secondary N) is 4. The summed E-state index contributed by atoms with van der Waals surface area (Å²) >= 11 is 0. The first-order chi connectivity index (χ1) is 29.7. The largest absolute Gasteiger partial charge is 0.504 e. The van der Waals surface area contributed by atoms with Gasteiger partial charge in [0.1, 0.15) is 12.1 Å². The Hall–Kier alpha value is -5.38. The van der Waals surface area contributed by atoms with Crippen LogP contribution >= 0.6 is 12.4 Å². The number of aromatic hydroxyl groups is 1.